The van der Waals surface area contributed by atoms with E-state index in [9.17, 15) is 14.9 Å². The van der Waals surface area contributed by atoms with Gasteiger partial charge in [0.1, 0.15) is 11.4 Å². The number of nitrogens with one attached hydrogen (secondary N) is 1. The molecule has 10 heteroatoms. The molecule has 0 aliphatic heterocycles. The van der Waals surface area contributed by atoms with Gasteiger partial charge in [-0.2, -0.15) is 10.2 Å². The van der Waals surface area contributed by atoms with Gasteiger partial charge < -0.3 is 5.32 Å². The third-order valence-electron chi connectivity index (χ3n) is 4.52. The second-order valence-corrected chi connectivity index (χ2v) is 7.66. The van der Waals surface area contributed by atoms with E-state index in [0.29, 0.717) is 28.2 Å². The second-order valence-electron chi connectivity index (χ2n) is 6.81. The number of aromatic nitrogens is 4. The van der Waals surface area contributed by atoms with Gasteiger partial charge in [-0.3, -0.25) is 24.3 Å². The predicted molar refractivity (Wildman–Crippen MR) is 112 cm³/mol. The highest BCUT2D eigenvalue weighted by Crippen LogP contribution is 2.23. The van der Waals surface area contributed by atoms with Crippen molar-refractivity contribution >= 4 is 33.3 Å². The maximum absolute atomic E-state index is 12.3. The molecule has 0 fully saturated rings. The molecule has 0 saturated heterocycles. The van der Waals surface area contributed by atoms with Gasteiger partial charge in [0.25, 0.3) is 0 Å². The number of carbonyl (C=O) groups excluding carboxylic acids is 1. The average Bonchev–Trinajstić information content (AvgIpc) is 3.13. The molecule has 3 rings (SSSR count). The van der Waals surface area contributed by atoms with Crippen molar-refractivity contribution in [2.45, 2.75) is 40.3 Å². The first-order chi connectivity index (χ1) is 13.7. The Morgan fingerprint density at radius 3 is 2.52 bits per heavy atom. The Bertz CT molecular complexity index is 1050. The number of nitro groups is 1. The normalized spacial score (nSPS) is 10.9. The number of anilines is 1. The molecule has 1 aromatic carbocycles. The molecule has 152 valence electrons. The first kappa shape index (κ1) is 20.7. The molecule has 3 aromatic rings. The Balaban J connectivity index is 1.61. The minimum Gasteiger partial charge on any atom is -0.308 e. The molecule has 2 heterocycles. The molecule has 0 aliphatic carbocycles. The number of benzene rings is 1. The largest absolute Gasteiger partial charge is 0.312 e. The van der Waals surface area contributed by atoms with Crippen LogP contribution in [-0.4, -0.2) is 30.4 Å². The van der Waals surface area contributed by atoms with Crippen molar-refractivity contribution in [3.63, 3.8) is 0 Å². The van der Waals surface area contributed by atoms with Gasteiger partial charge in [0.15, 0.2) is 5.82 Å². The van der Waals surface area contributed by atoms with Crippen molar-refractivity contribution in [3.05, 3.63) is 67.6 Å². The molecule has 0 radical (unpaired) electrons. The molecule has 9 nitrogen and oxygen atoms in total. The first-order valence-corrected chi connectivity index (χ1v) is 9.80. The molecule has 0 aliphatic rings. The summed E-state index contributed by atoms with van der Waals surface area (Å²) in [5, 5.41) is 22.4. The summed E-state index contributed by atoms with van der Waals surface area (Å²) in [6.45, 7) is 6.07. The van der Waals surface area contributed by atoms with Crippen molar-refractivity contribution in [1.82, 2.24) is 19.6 Å². The summed E-state index contributed by atoms with van der Waals surface area (Å²) >= 11 is 3.42. The predicted octanol–water partition coefficient (Wildman–Crippen LogP) is 3.75. The topological polar surface area (TPSA) is 108 Å². The Labute approximate surface area is 176 Å². The lowest BCUT2D eigenvalue weighted by Gasteiger charge is -2.05. The van der Waals surface area contributed by atoms with Crippen LogP contribution in [0, 0.1) is 30.9 Å². The van der Waals surface area contributed by atoms with E-state index < -0.39 is 4.92 Å². The zero-order valence-electron chi connectivity index (χ0n) is 16.3. The summed E-state index contributed by atoms with van der Waals surface area (Å²) in [7, 11) is 0. The number of halogens is 1. The Kier molecular flexibility index (Phi) is 6.12. The zero-order chi connectivity index (χ0) is 21.1. The van der Waals surface area contributed by atoms with Crippen molar-refractivity contribution in [2.75, 3.05) is 5.32 Å². The fraction of sp³-hybridized carbons (Fsp3) is 0.316. The van der Waals surface area contributed by atoms with E-state index in [1.54, 1.807) is 24.7 Å². The van der Waals surface area contributed by atoms with Crippen LogP contribution in [0.25, 0.3) is 0 Å². The smallest absolute Gasteiger partial charge is 0.308 e. The highest BCUT2D eigenvalue weighted by atomic mass is 79.9. The second kappa shape index (κ2) is 8.56. The summed E-state index contributed by atoms with van der Waals surface area (Å²) in [4.78, 5) is 23.0. The molecule has 0 unspecified atom stereocenters. The lowest BCUT2D eigenvalue weighted by molar-refractivity contribution is -0.386. The van der Waals surface area contributed by atoms with Crippen molar-refractivity contribution in [2.24, 2.45) is 0 Å². The number of amides is 1. The SMILES string of the molecule is Cc1ccc(Cn2cc(Br)c(NC(=O)CCn3nc(C)c([N+](=O)[O-])c3C)n2)cc1. The Morgan fingerprint density at radius 2 is 1.90 bits per heavy atom. The molecule has 0 atom stereocenters. The zero-order valence-corrected chi connectivity index (χ0v) is 17.9. The first-order valence-electron chi connectivity index (χ1n) is 9.01. The maximum atomic E-state index is 12.3. The fourth-order valence-electron chi connectivity index (χ4n) is 3.01. The van der Waals surface area contributed by atoms with Gasteiger partial charge in [-0.25, -0.2) is 0 Å². The summed E-state index contributed by atoms with van der Waals surface area (Å²) in [6, 6.07) is 8.16. The van der Waals surface area contributed by atoms with Crippen molar-refractivity contribution < 1.29 is 9.72 Å². The summed E-state index contributed by atoms with van der Waals surface area (Å²) in [5.74, 6) is 0.183. The molecule has 0 bridgehead atoms. The summed E-state index contributed by atoms with van der Waals surface area (Å²) < 4.78 is 3.91. The number of hydrogen-bond donors (Lipinski definition) is 1. The average molecular weight is 461 g/mol. The molecule has 0 saturated carbocycles. The molecule has 2 aromatic heterocycles. The number of rotatable bonds is 7. The van der Waals surface area contributed by atoms with Gasteiger partial charge >= 0.3 is 5.69 Å². The lowest BCUT2D eigenvalue weighted by atomic mass is 10.1. The Morgan fingerprint density at radius 1 is 1.21 bits per heavy atom. The van der Waals surface area contributed by atoms with E-state index in [4.69, 9.17) is 0 Å². The number of aryl methyl sites for hydroxylation is 3. The molecule has 29 heavy (non-hydrogen) atoms. The molecular weight excluding hydrogens is 440 g/mol. The van der Waals surface area contributed by atoms with Gasteiger partial charge in [-0.1, -0.05) is 29.8 Å². The molecule has 0 spiro atoms. The van der Waals surface area contributed by atoms with Crippen LogP contribution >= 0.6 is 15.9 Å². The quantitative estimate of drug-likeness (QED) is 0.426. The van der Waals surface area contributed by atoms with E-state index in [0.717, 1.165) is 5.56 Å². The van der Waals surface area contributed by atoms with Gasteiger partial charge in [0.05, 0.1) is 22.5 Å². The molecule has 1 amide bonds. The van der Waals surface area contributed by atoms with Crippen LogP contribution < -0.4 is 5.32 Å². The summed E-state index contributed by atoms with van der Waals surface area (Å²) in [5.41, 5.74) is 3.06. The number of nitrogens with zero attached hydrogens (tertiary/aromatic N) is 5. The third-order valence-corrected chi connectivity index (χ3v) is 5.10. The highest BCUT2D eigenvalue weighted by Gasteiger charge is 2.22. The fourth-order valence-corrected chi connectivity index (χ4v) is 3.43. The Hall–Kier alpha value is -3.01. The minimum atomic E-state index is -0.452. The lowest BCUT2D eigenvalue weighted by Crippen LogP contribution is -2.16. The van der Waals surface area contributed by atoms with E-state index in [2.05, 4.69) is 31.4 Å². The molecular formula is C19H21BrN6O3. The van der Waals surface area contributed by atoms with Crippen LogP contribution in [0.2, 0.25) is 0 Å². The third kappa shape index (κ3) is 4.89. The van der Waals surface area contributed by atoms with E-state index in [-0.39, 0.29) is 24.6 Å². The molecule has 1 N–H and O–H groups in total. The van der Waals surface area contributed by atoms with Gasteiger partial charge in [-0.15, -0.1) is 0 Å². The van der Waals surface area contributed by atoms with Gasteiger partial charge in [0.2, 0.25) is 5.91 Å². The number of hydrogen-bond acceptors (Lipinski definition) is 5. The van der Waals surface area contributed by atoms with Crippen LogP contribution in [-0.2, 0) is 17.9 Å². The standard InChI is InChI=1S/C19H21BrN6O3/c1-12-4-6-15(7-5-12)10-24-11-16(20)19(23-24)21-17(27)8-9-25-14(3)18(26(28)29)13(2)22-25/h4-7,11H,8-10H2,1-3H3,(H,21,23,27). The van der Waals surface area contributed by atoms with Gasteiger partial charge in [0, 0.05) is 12.6 Å². The van der Waals surface area contributed by atoms with Crippen molar-refractivity contribution in [3.8, 4) is 0 Å². The highest BCUT2D eigenvalue weighted by molar-refractivity contribution is 9.10. The van der Waals surface area contributed by atoms with Crippen LogP contribution in [0.1, 0.15) is 28.9 Å². The van der Waals surface area contributed by atoms with Crippen LogP contribution in [0.5, 0.6) is 0 Å². The maximum Gasteiger partial charge on any atom is 0.312 e. The monoisotopic (exact) mass is 460 g/mol. The van der Waals surface area contributed by atoms with Crippen LogP contribution in [0.4, 0.5) is 11.5 Å². The van der Waals surface area contributed by atoms with Crippen LogP contribution in [0.3, 0.4) is 0 Å². The van der Waals surface area contributed by atoms with Crippen LogP contribution in [0.15, 0.2) is 34.9 Å². The summed E-state index contributed by atoms with van der Waals surface area (Å²) in [6.07, 6.45) is 1.93. The van der Waals surface area contributed by atoms with E-state index in [1.807, 2.05) is 31.2 Å². The van der Waals surface area contributed by atoms with Crippen molar-refractivity contribution in [1.29, 1.82) is 0 Å². The number of carbonyl (C=O) groups is 1. The minimum absolute atomic E-state index is 0.0111. The van der Waals surface area contributed by atoms with Gasteiger partial charge in [-0.05, 0) is 42.3 Å². The van der Waals surface area contributed by atoms with E-state index >= 15 is 0 Å². The van der Waals surface area contributed by atoms with E-state index in [1.165, 1.54) is 10.2 Å².